The second kappa shape index (κ2) is 6.19. The average molecular weight is 272 g/mol. The molecule has 0 aromatic heterocycles. The lowest BCUT2D eigenvalue weighted by molar-refractivity contribution is -0.116. The van der Waals surface area contributed by atoms with Crippen molar-refractivity contribution in [1.82, 2.24) is 0 Å². The maximum Gasteiger partial charge on any atom is 0.224 e. The van der Waals surface area contributed by atoms with Crippen molar-refractivity contribution in [2.45, 2.75) is 19.8 Å². The number of benzene rings is 2. The lowest BCUT2D eigenvalue weighted by Gasteiger charge is -2.07. The molecule has 0 radical (unpaired) electrons. The number of carbonyl (C=O) groups is 1. The van der Waals surface area contributed by atoms with Crippen molar-refractivity contribution in [3.63, 3.8) is 0 Å². The van der Waals surface area contributed by atoms with Crippen LogP contribution in [0.15, 0.2) is 42.5 Å². The molecule has 0 saturated heterocycles. The molecule has 2 aromatic carbocycles. The Balaban J connectivity index is 1.94. The Morgan fingerprint density at radius 1 is 1.25 bits per heavy atom. The fourth-order valence-electron chi connectivity index (χ4n) is 1.95. The van der Waals surface area contributed by atoms with Crippen LogP contribution in [0.3, 0.4) is 0 Å². The van der Waals surface area contributed by atoms with Gasteiger partial charge >= 0.3 is 0 Å². The number of halogens is 1. The summed E-state index contributed by atoms with van der Waals surface area (Å²) in [4.78, 5) is 11.8. The van der Waals surface area contributed by atoms with E-state index in [-0.39, 0.29) is 18.0 Å². The van der Waals surface area contributed by atoms with Crippen molar-refractivity contribution in [1.29, 1.82) is 0 Å². The summed E-state index contributed by atoms with van der Waals surface area (Å²) in [5.74, 6) is -0.634. The van der Waals surface area contributed by atoms with Gasteiger partial charge in [0.15, 0.2) is 0 Å². The average Bonchev–Trinajstić information content (AvgIpc) is 2.41. The van der Waals surface area contributed by atoms with E-state index in [2.05, 4.69) is 5.32 Å². The summed E-state index contributed by atoms with van der Waals surface area (Å²) < 4.78 is 13.5. The molecule has 0 bridgehead atoms. The van der Waals surface area contributed by atoms with Gasteiger partial charge in [-0.05, 0) is 48.7 Å². The molecule has 3 N–H and O–H groups in total. The normalized spacial score (nSPS) is 10.3. The fraction of sp³-hybridized carbons (Fsp3) is 0.188. The van der Waals surface area contributed by atoms with Crippen LogP contribution < -0.4 is 11.1 Å². The standard InChI is InChI=1S/C16H17FN2O/c1-11-5-7-14(17)15(9-11)19-16(20)8-6-12-3-2-4-13(18)10-12/h2-5,7,9-10H,6,8,18H2,1H3,(H,19,20). The summed E-state index contributed by atoms with van der Waals surface area (Å²) >= 11 is 0. The van der Waals surface area contributed by atoms with Crippen molar-refractivity contribution in [3.05, 3.63) is 59.4 Å². The van der Waals surface area contributed by atoms with Crippen LogP contribution in [0.2, 0.25) is 0 Å². The molecular formula is C16H17FN2O. The first-order valence-corrected chi connectivity index (χ1v) is 6.45. The SMILES string of the molecule is Cc1ccc(F)c(NC(=O)CCc2cccc(N)c2)c1. The highest BCUT2D eigenvalue weighted by molar-refractivity contribution is 5.91. The molecule has 2 rings (SSSR count). The second-order valence-electron chi connectivity index (χ2n) is 4.78. The van der Waals surface area contributed by atoms with Gasteiger partial charge in [-0.15, -0.1) is 0 Å². The minimum atomic E-state index is -0.423. The van der Waals surface area contributed by atoms with Crippen molar-refractivity contribution >= 4 is 17.3 Å². The highest BCUT2D eigenvalue weighted by Gasteiger charge is 2.07. The number of rotatable bonds is 4. The molecule has 0 aliphatic heterocycles. The van der Waals surface area contributed by atoms with Gasteiger partial charge in [0.05, 0.1) is 5.69 Å². The minimum Gasteiger partial charge on any atom is -0.399 e. The summed E-state index contributed by atoms with van der Waals surface area (Å²) in [6, 6.07) is 12.0. The van der Waals surface area contributed by atoms with Crippen LogP contribution >= 0.6 is 0 Å². The van der Waals surface area contributed by atoms with E-state index in [0.29, 0.717) is 12.1 Å². The highest BCUT2D eigenvalue weighted by Crippen LogP contribution is 2.16. The van der Waals surface area contributed by atoms with Crippen molar-refractivity contribution in [3.8, 4) is 0 Å². The van der Waals surface area contributed by atoms with Gasteiger partial charge in [0, 0.05) is 12.1 Å². The Bertz CT molecular complexity index is 626. The highest BCUT2D eigenvalue weighted by atomic mass is 19.1. The molecule has 0 spiro atoms. The molecule has 0 atom stereocenters. The van der Waals surface area contributed by atoms with Crippen LogP contribution in [-0.4, -0.2) is 5.91 Å². The van der Waals surface area contributed by atoms with Gasteiger partial charge < -0.3 is 11.1 Å². The van der Waals surface area contributed by atoms with E-state index in [4.69, 9.17) is 5.73 Å². The number of anilines is 2. The van der Waals surface area contributed by atoms with E-state index in [9.17, 15) is 9.18 Å². The van der Waals surface area contributed by atoms with E-state index in [1.807, 2.05) is 25.1 Å². The quantitative estimate of drug-likeness (QED) is 0.839. The lowest BCUT2D eigenvalue weighted by Crippen LogP contribution is -2.13. The van der Waals surface area contributed by atoms with Gasteiger partial charge in [0.2, 0.25) is 5.91 Å². The largest absolute Gasteiger partial charge is 0.399 e. The van der Waals surface area contributed by atoms with E-state index >= 15 is 0 Å². The summed E-state index contributed by atoms with van der Waals surface area (Å²) in [7, 11) is 0. The molecule has 0 aliphatic carbocycles. The molecule has 1 amide bonds. The maximum absolute atomic E-state index is 13.5. The first-order valence-electron chi connectivity index (χ1n) is 6.45. The maximum atomic E-state index is 13.5. The van der Waals surface area contributed by atoms with E-state index in [0.717, 1.165) is 11.1 Å². The number of amides is 1. The number of nitrogen functional groups attached to an aromatic ring is 1. The zero-order valence-corrected chi connectivity index (χ0v) is 11.3. The van der Waals surface area contributed by atoms with Gasteiger partial charge in [0.25, 0.3) is 0 Å². The van der Waals surface area contributed by atoms with Gasteiger partial charge in [-0.1, -0.05) is 18.2 Å². The van der Waals surface area contributed by atoms with Crippen LogP contribution in [0, 0.1) is 12.7 Å². The van der Waals surface area contributed by atoms with E-state index < -0.39 is 5.82 Å². The number of carbonyl (C=O) groups excluding carboxylic acids is 1. The summed E-state index contributed by atoms with van der Waals surface area (Å²) in [6.45, 7) is 1.85. The molecule has 0 saturated carbocycles. The number of hydrogen-bond acceptors (Lipinski definition) is 2. The van der Waals surface area contributed by atoms with Gasteiger partial charge in [-0.3, -0.25) is 4.79 Å². The van der Waals surface area contributed by atoms with Crippen molar-refractivity contribution in [2.24, 2.45) is 0 Å². The van der Waals surface area contributed by atoms with Crippen LogP contribution in [0.25, 0.3) is 0 Å². The molecule has 2 aromatic rings. The van der Waals surface area contributed by atoms with Crippen LogP contribution in [0.5, 0.6) is 0 Å². The van der Waals surface area contributed by atoms with Crippen molar-refractivity contribution < 1.29 is 9.18 Å². The van der Waals surface area contributed by atoms with Crippen LogP contribution in [0.1, 0.15) is 17.5 Å². The third kappa shape index (κ3) is 3.82. The number of aryl methyl sites for hydroxylation is 2. The predicted octanol–water partition coefficient (Wildman–Crippen LogP) is 3.29. The lowest BCUT2D eigenvalue weighted by atomic mass is 10.1. The molecule has 0 fully saturated rings. The van der Waals surface area contributed by atoms with Crippen LogP contribution in [0.4, 0.5) is 15.8 Å². The number of hydrogen-bond donors (Lipinski definition) is 2. The molecule has 20 heavy (non-hydrogen) atoms. The Morgan fingerprint density at radius 3 is 2.80 bits per heavy atom. The van der Waals surface area contributed by atoms with Gasteiger partial charge in [-0.25, -0.2) is 4.39 Å². The Kier molecular flexibility index (Phi) is 4.35. The van der Waals surface area contributed by atoms with Crippen molar-refractivity contribution in [2.75, 3.05) is 11.1 Å². The topological polar surface area (TPSA) is 55.1 Å². The minimum absolute atomic E-state index is 0.211. The predicted molar refractivity (Wildman–Crippen MR) is 78.9 cm³/mol. The van der Waals surface area contributed by atoms with E-state index in [1.54, 1.807) is 18.2 Å². The monoisotopic (exact) mass is 272 g/mol. The number of nitrogens with two attached hydrogens (primary N) is 1. The first kappa shape index (κ1) is 14.1. The zero-order chi connectivity index (χ0) is 14.5. The molecule has 0 unspecified atom stereocenters. The first-order chi connectivity index (χ1) is 9.54. The molecule has 0 aliphatic rings. The van der Waals surface area contributed by atoms with E-state index in [1.165, 1.54) is 6.07 Å². The smallest absolute Gasteiger partial charge is 0.224 e. The zero-order valence-electron chi connectivity index (χ0n) is 11.3. The third-order valence-electron chi connectivity index (χ3n) is 2.99. The molecule has 4 heteroatoms. The molecule has 0 heterocycles. The molecular weight excluding hydrogens is 255 g/mol. The Labute approximate surface area is 117 Å². The number of nitrogens with one attached hydrogen (secondary N) is 1. The third-order valence-corrected chi connectivity index (χ3v) is 2.99. The van der Waals surface area contributed by atoms with Gasteiger partial charge in [-0.2, -0.15) is 0 Å². The second-order valence-corrected chi connectivity index (χ2v) is 4.78. The fourth-order valence-corrected chi connectivity index (χ4v) is 1.95. The summed E-state index contributed by atoms with van der Waals surface area (Å²) in [5.41, 5.74) is 8.46. The molecule has 3 nitrogen and oxygen atoms in total. The Hall–Kier alpha value is -2.36. The molecule has 104 valence electrons. The summed E-state index contributed by atoms with van der Waals surface area (Å²) in [5, 5.41) is 2.59. The summed E-state index contributed by atoms with van der Waals surface area (Å²) in [6.07, 6.45) is 0.862. The Morgan fingerprint density at radius 2 is 2.05 bits per heavy atom. The van der Waals surface area contributed by atoms with Gasteiger partial charge in [0.1, 0.15) is 5.82 Å². The van der Waals surface area contributed by atoms with Crippen LogP contribution in [-0.2, 0) is 11.2 Å².